The molecule has 1 N–H and O–H groups in total. The van der Waals surface area contributed by atoms with Crippen LogP contribution in [0.1, 0.15) is 44.0 Å². The third-order valence-electron chi connectivity index (χ3n) is 3.02. The molecule has 1 aromatic rings. The summed E-state index contributed by atoms with van der Waals surface area (Å²) in [6.07, 6.45) is 2.07. The summed E-state index contributed by atoms with van der Waals surface area (Å²) in [5.74, 6) is 1.20. The summed E-state index contributed by atoms with van der Waals surface area (Å²) in [5.41, 5.74) is 2.13. The third-order valence-corrected chi connectivity index (χ3v) is 3.02. The fourth-order valence-electron chi connectivity index (χ4n) is 1.98. The van der Waals surface area contributed by atoms with Gasteiger partial charge in [0.15, 0.2) is 0 Å². The molecule has 1 saturated heterocycles. The molecule has 4 nitrogen and oxygen atoms in total. The topological polar surface area (TPSA) is 47.0 Å². The van der Waals surface area contributed by atoms with E-state index in [1.807, 2.05) is 6.92 Å². The predicted molar refractivity (Wildman–Crippen MR) is 68.3 cm³/mol. The Labute approximate surface area is 103 Å². The van der Waals surface area contributed by atoms with E-state index >= 15 is 0 Å². The fourth-order valence-corrected chi connectivity index (χ4v) is 1.98. The van der Waals surface area contributed by atoms with Gasteiger partial charge in [-0.15, -0.1) is 0 Å². The van der Waals surface area contributed by atoms with Crippen LogP contribution in [-0.2, 0) is 4.74 Å². The second-order valence-corrected chi connectivity index (χ2v) is 4.94. The maximum absolute atomic E-state index is 5.34. The molecule has 0 spiro atoms. The Morgan fingerprint density at radius 2 is 2.00 bits per heavy atom. The summed E-state index contributed by atoms with van der Waals surface area (Å²) in [6.45, 7) is 7.99. The molecule has 94 valence electrons. The highest BCUT2D eigenvalue weighted by Crippen LogP contribution is 2.17. The smallest absolute Gasteiger partial charge is 0.223 e. The van der Waals surface area contributed by atoms with Crippen LogP contribution >= 0.6 is 0 Å². The maximum Gasteiger partial charge on any atom is 0.223 e. The molecule has 2 rings (SSSR count). The highest BCUT2D eigenvalue weighted by Gasteiger charge is 2.15. The van der Waals surface area contributed by atoms with Crippen LogP contribution in [-0.4, -0.2) is 29.2 Å². The summed E-state index contributed by atoms with van der Waals surface area (Å²) < 4.78 is 5.34. The van der Waals surface area contributed by atoms with E-state index in [2.05, 4.69) is 35.2 Å². The Hall–Kier alpha value is -1.16. The number of nitrogens with zero attached hydrogens (tertiary/aromatic N) is 2. The number of rotatable bonds is 3. The fraction of sp³-hybridized carbons (Fsp3) is 0.692. The Bertz CT molecular complexity index is 373. The van der Waals surface area contributed by atoms with E-state index in [9.17, 15) is 0 Å². The van der Waals surface area contributed by atoms with Gasteiger partial charge in [-0.2, -0.15) is 0 Å². The SMILES string of the molecule is Cc1cc(C(C)C)nc(NC2CCOCC2)n1. The molecule has 1 aromatic heterocycles. The van der Waals surface area contributed by atoms with Gasteiger partial charge in [-0.25, -0.2) is 9.97 Å². The van der Waals surface area contributed by atoms with E-state index in [-0.39, 0.29) is 0 Å². The van der Waals surface area contributed by atoms with Gasteiger partial charge in [0.05, 0.1) is 0 Å². The molecule has 1 fully saturated rings. The molecular formula is C13H21N3O. The summed E-state index contributed by atoms with van der Waals surface area (Å²) in [7, 11) is 0. The summed E-state index contributed by atoms with van der Waals surface area (Å²) >= 11 is 0. The monoisotopic (exact) mass is 235 g/mol. The van der Waals surface area contributed by atoms with Crippen LogP contribution in [0, 0.1) is 6.92 Å². The van der Waals surface area contributed by atoms with Gasteiger partial charge in [0.25, 0.3) is 0 Å². The van der Waals surface area contributed by atoms with Crippen LogP contribution in [0.25, 0.3) is 0 Å². The molecule has 0 bridgehead atoms. The van der Waals surface area contributed by atoms with Gasteiger partial charge < -0.3 is 10.1 Å². The molecule has 1 aliphatic rings. The van der Waals surface area contributed by atoms with E-state index in [1.165, 1.54) is 0 Å². The molecule has 0 atom stereocenters. The first-order chi connectivity index (χ1) is 8.15. The summed E-state index contributed by atoms with van der Waals surface area (Å²) in [4.78, 5) is 9.01. The minimum atomic E-state index is 0.437. The first-order valence-corrected chi connectivity index (χ1v) is 6.35. The average Bonchev–Trinajstić information content (AvgIpc) is 2.29. The van der Waals surface area contributed by atoms with E-state index in [0.29, 0.717) is 12.0 Å². The van der Waals surface area contributed by atoms with Crippen LogP contribution in [0.15, 0.2) is 6.07 Å². The second-order valence-electron chi connectivity index (χ2n) is 4.94. The van der Waals surface area contributed by atoms with Gasteiger partial charge in [-0.05, 0) is 31.7 Å². The number of hydrogen-bond acceptors (Lipinski definition) is 4. The zero-order valence-electron chi connectivity index (χ0n) is 10.9. The van der Waals surface area contributed by atoms with E-state index in [1.54, 1.807) is 0 Å². The quantitative estimate of drug-likeness (QED) is 0.874. The minimum absolute atomic E-state index is 0.437. The average molecular weight is 235 g/mol. The lowest BCUT2D eigenvalue weighted by atomic mass is 10.1. The molecule has 0 aliphatic carbocycles. The van der Waals surface area contributed by atoms with Gasteiger partial charge in [0.1, 0.15) is 0 Å². The van der Waals surface area contributed by atoms with Crippen LogP contribution in [0.3, 0.4) is 0 Å². The number of anilines is 1. The van der Waals surface area contributed by atoms with Gasteiger partial charge in [0, 0.05) is 30.6 Å². The minimum Gasteiger partial charge on any atom is -0.381 e. The molecule has 2 heterocycles. The lowest BCUT2D eigenvalue weighted by Crippen LogP contribution is -2.28. The Morgan fingerprint density at radius 1 is 1.29 bits per heavy atom. The molecular weight excluding hydrogens is 214 g/mol. The van der Waals surface area contributed by atoms with Crippen molar-refractivity contribution >= 4 is 5.95 Å². The van der Waals surface area contributed by atoms with Crippen molar-refractivity contribution in [3.05, 3.63) is 17.5 Å². The van der Waals surface area contributed by atoms with Gasteiger partial charge in [-0.1, -0.05) is 13.8 Å². The van der Waals surface area contributed by atoms with E-state index < -0.39 is 0 Å². The van der Waals surface area contributed by atoms with Crippen molar-refractivity contribution in [2.45, 2.75) is 45.6 Å². The van der Waals surface area contributed by atoms with Crippen molar-refractivity contribution in [2.75, 3.05) is 18.5 Å². The normalized spacial score (nSPS) is 17.4. The van der Waals surface area contributed by atoms with Crippen molar-refractivity contribution in [3.8, 4) is 0 Å². The largest absolute Gasteiger partial charge is 0.381 e. The van der Waals surface area contributed by atoms with Crippen LogP contribution in [0.2, 0.25) is 0 Å². The molecule has 0 radical (unpaired) electrons. The van der Waals surface area contributed by atoms with Gasteiger partial charge in [0.2, 0.25) is 5.95 Å². The third kappa shape index (κ3) is 3.40. The number of aromatic nitrogens is 2. The Morgan fingerprint density at radius 3 is 2.65 bits per heavy atom. The highest BCUT2D eigenvalue weighted by atomic mass is 16.5. The molecule has 0 aromatic carbocycles. The van der Waals surface area contributed by atoms with Crippen LogP contribution in [0.5, 0.6) is 0 Å². The van der Waals surface area contributed by atoms with Gasteiger partial charge >= 0.3 is 0 Å². The van der Waals surface area contributed by atoms with Crippen LogP contribution in [0.4, 0.5) is 5.95 Å². The van der Waals surface area contributed by atoms with Crippen molar-refractivity contribution in [1.82, 2.24) is 9.97 Å². The van der Waals surface area contributed by atoms with Gasteiger partial charge in [-0.3, -0.25) is 0 Å². The molecule has 1 aliphatic heterocycles. The summed E-state index contributed by atoms with van der Waals surface area (Å²) in [6, 6.07) is 2.50. The molecule has 0 saturated carbocycles. The number of hydrogen-bond donors (Lipinski definition) is 1. The van der Waals surface area contributed by atoms with Crippen molar-refractivity contribution in [3.63, 3.8) is 0 Å². The Balaban J connectivity index is 2.09. The van der Waals surface area contributed by atoms with Crippen molar-refractivity contribution in [1.29, 1.82) is 0 Å². The second kappa shape index (κ2) is 5.45. The first-order valence-electron chi connectivity index (χ1n) is 6.35. The molecule has 4 heteroatoms. The van der Waals surface area contributed by atoms with Crippen molar-refractivity contribution in [2.24, 2.45) is 0 Å². The Kier molecular flexibility index (Phi) is 3.94. The first kappa shape index (κ1) is 12.3. The molecule has 0 unspecified atom stereocenters. The van der Waals surface area contributed by atoms with Crippen molar-refractivity contribution < 1.29 is 4.74 Å². The number of ether oxygens (including phenoxy) is 1. The standard InChI is InChI=1S/C13H21N3O/c1-9(2)12-8-10(3)14-13(16-12)15-11-4-6-17-7-5-11/h8-9,11H,4-7H2,1-3H3,(H,14,15,16). The lowest BCUT2D eigenvalue weighted by molar-refractivity contribution is 0.0903. The zero-order chi connectivity index (χ0) is 12.3. The molecule has 0 amide bonds. The number of aryl methyl sites for hydroxylation is 1. The number of nitrogens with one attached hydrogen (secondary N) is 1. The predicted octanol–water partition coefficient (Wildman–Crippen LogP) is 2.50. The maximum atomic E-state index is 5.34. The molecule has 17 heavy (non-hydrogen) atoms. The van der Waals surface area contributed by atoms with Crippen LogP contribution < -0.4 is 5.32 Å². The zero-order valence-corrected chi connectivity index (χ0v) is 10.9. The lowest BCUT2D eigenvalue weighted by Gasteiger charge is -2.23. The summed E-state index contributed by atoms with van der Waals surface area (Å²) in [5, 5.41) is 3.41. The van der Waals surface area contributed by atoms with E-state index in [4.69, 9.17) is 4.74 Å². The highest BCUT2D eigenvalue weighted by molar-refractivity contribution is 5.30. The van der Waals surface area contributed by atoms with E-state index in [0.717, 1.165) is 43.4 Å².